The Balaban J connectivity index is 1.80. The van der Waals surface area contributed by atoms with E-state index in [9.17, 15) is 4.79 Å². The molecule has 0 bridgehead atoms. The number of hydroxylamine groups is 1. The average Bonchev–Trinajstić information content (AvgIpc) is 3.16. The molecule has 1 aromatic heterocycles. The van der Waals surface area contributed by atoms with Gasteiger partial charge in [-0.2, -0.15) is 0 Å². The van der Waals surface area contributed by atoms with Crippen LogP contribution in [0.5, 0.6) is 0 Å². The van der Waals surface area contributed by atoms with Crippen molar-refractivity contribution >= 4 is 23.0 Å². The number of aromatic nitrogens is 2. The number of imidazole rings is 1. The Morgan fingerprint density at radius 2 is 2.10 bits per heavy atom. The summed E-state index contributed by atoms with van der Waals surface area (Å²) >= 11 is 0. The molecule has 0 radical (unpaired) electrons. The van der Waals surface area contributed by atoms with Crippen LogP contribution in [-0.2, 0) is 4.79 Å². The van der Waals surface area contributed by atoms with Crippen molar-refractivity contribution in [3.8, 4) is 11.4 Å². The van der Waals surface area contributed by atoms with Crippen LogP contribution in [-0.4, -0.2) is 45.2 Å². The topological polar surface area (TPSA) is 70.4 Å². The molecule has 0 spiro atoms. The molecule has 3 aromatic rings. The first-order valence-corrected chi connectivity index (χ1v) is 10.1. The Hall–Kier alpha value is -2.96. The number of nitrogens with one attached hydrogen (secondary N) is 1. The van der Waals surface area contributed by atoms with Crippen LogP contribution in [0.25, 0.3) is 28.5 Å². The summed E-state index contributed by atoms with van der Waals surface area (Å²) in [5.41, 5.74) is 5.59. The zero-order chi connectivity index (χ0) is 20.2. The number of carbonyl (C=O) groups excluding carboxylic acids is 1. The Bertz CT molecular complexity index is 1030. The lowest BCUT2D eigenvalue weighted by atomic mass is 10.0. The summed E-state index contributed by atoms with van der Waals surface area (Å²) in [5.74, 6) is 0.431. The van der Waals surface area contributed by atoms with E-state index in [1.165, 1.54) is 12.5 Å². The first kappa shape index (κ1) is 19.4. The fourth-order valence-electron chi connectivity index (χ4n) is 4.12. The number of nitrogens with zero attached hydrogens (tertiary/aromatic N) is 3. The van der Waals surface area contributed by atoms with Crippen LogP contribution in [0.1, 0.15) is 31.4 Å². The third kappa shape index (κ3) is 4.09. The van der Waals surface area contributed by atoms with Gasteiger partial charge in [-0.1, -0.05) is 43.3 Å². The van der Waals surface area contributed by atoms with Gasteiger partial charge in [-0.15, -0.1) is 0 Å². The number of fused-ring (bicyclic) bond motifs is 1. The molecular formula is C23H26N4O2. The van der Waals surface area contributed by atoms with Gasteiger partial charge in [0.15, 0.2) is 0 Å². The Kier molecular flexibility index (Phi) is 5.74. The number of rotatable bonds is 5. The predicted molar refractivity (Wildman–Crippen MR) is 115 cm³/mol. The molecule has 0 aliphatic carbocycles. The second-order valence-corrected chi connectivity index (χ2v) is 7.42. The lowest BCUT2D eigenvalue weighted by Crippen LogP contribution is -2.36. The van der Waals surface area contributed by atoms with Gasteiger partial charge in [-0.25, -0.2) is 10.5 Å². The number of hydrogen-bond donors (Lipinski definition) is 2. The Labute approximate surface area is 170 Å². The van der Waals surface area contributed by atoms with Crippen LogP contribution in [0, 0.1) is 0 Å². The number of likely N-dealkylation sites (N-methyl/N-ethyl adjacent to an activating group) is 1. The molecule has 150 valence electrons. The van der Waals surface area contributed by atoms with Crippen molar-refractivity contribution in [2.24, 2.45) is 0 Å². The minimum Gasteiger partial charge on any atom is -0.320 e. The standard InChI is InChI=1S/C23H26N4O2/c1-2-26-14-6-9-19(16-26)27-21-12-10-17(11-13-22(28)25-29)15-20(21)24-23(27)18-7-4-3-5-8-18/h3-5,7-8,10-13,15,19,29H,2,6,9,14,16H2,1H3,(H,25,28)/t19-/m1/s1. The first-order chi connectivity index (χ1) is 14.2. The van der Waals surface area contributed by atoms with Gasteiger partial charge in [0.05, 0.1) is 11.0 Å². The van der Waals surface area contributed by atoms with Gasteiger partial charge < -0.3 is 9.47 Å². The highest BCUT2D eigenvalue weighted by molar-refractivity contribution is 5.92. The second kappa shape index (κ2) is 8.59. The maximum absolute atomic E-state index is 11.3. The zero-order valence-electron chi connectivity index (χ0n) is 16.6. The maximum Gasteiger partial charge on any atom is 0.267 e. The van der Waals surface area contributed by atoms with Crippen molar-refractivity contribution in [3.05, 3.63) is 60.2 Å². The van der Waals surface area contributed by atoms with Gasteiger partial charge in [-0.05, 0) is 49.7 Å². The van der Waals surface area contributed by atoms with Crippen LogP contribution >= 0.6 is 0 Å². The highest BCUT2D eigenvalue weighted by atomic mass is 16.5. The van der Waals surface area contributed by atoms with Gasteiger partial charge in [0, 0.05) is 24.2 Å². The smallest absolute Gasteiger partial charge is 0.267 e. The van der Waals surface area contributed by atoms with E-state index >= 15 is 0 Å². The first-order valence-electron chi connectivity index (χ1n) is 10.1. The van der Waals surface area contributed by atoms with E-state index in [1.807, 2.05) is 30.3 Å². The molecule has 1 atom stereocenters. The number of amides is 1. The van der Waals surface area contributed by atoms with Crippen LogP contribution in [0.4, 0.5) is 0 Å². The van der Waals surface area contributed by atoms with E-state index in [0.717, 1.165) is 54.0 Å². The van der Waals surface area contributed by atoms with Crippen molar-refractivity contribution in [1.29, 1.82) is 0 Å². The molecule has 1 aliphatic rings. The van der Waals surface area contributed by atoms with Gasteiger partial charge in [0.2, 0.25) is 0 Å². The second-order valence-electron chi connectivity index (χ2n) is 7.42. The molecule has 6 nitrogen and oxygen atoms in total. The predicted octanol–water partition coefficient (Wildman–Crippen LogP) is 3.88. The molecule has 2 N–H and O–H groups in total. The molecule has 6 heteroatoms. The summed E-state index contributed by atoms with van der Waals surface area (Å²) in [6.45, 7) is 5.46. The molecule has 1 amide bonds. The van der Waals surface area contributed by atoms with Crippen LogP contribution in [0.2, 0.25) is 0 Å². The lowest BCUT2D eigenvalue weighted by Gasteiger charge is -2.33. The van der Waals surface area contributed by atoms with E-state index in [-0.39, 0.29) is 0 Å². The van der Waals surface area contributed by atoms with Crippen molar-refractivity contribution in [2.75, 3.05) is 19.6 Å². The Morgan fingerprint density at radius 3 is 2.86 bits per heavy atom. The van der Waals surface area contributed by atoms with Gasteiger partial charge >= 0.3 is 0 Å². The summed E-state index contributed by atoms with van der Waals surface area (Å²) in [4.78, 5) is 18.8. The van der Waals surface area contributed by atoms with Crippen molar-refractivity contribution in [1.82, 2.24) is 19.9 Å². The van der Waals surface area contributed by atoms with Gasteiger partial charge in [-0.3, -0.25) is 10.0 Å². The minimum atomic E-state index is -0.553. The van der Waals surface area contributed by atoms with E-state index in [0.29, 0.717) is 6.04 Å². The van der Waals surface area contributed by atoms with Crippen LogP contribution in [0.3, 0.4) is 0 Å². The lowest BCUT2D eigenvalue weighted by molar-refractivity contribution is -0.124. The third-order valence-electron chi connectivity index (χ3n) is 5.58. The van der Waals surface area contributed by atoms with E-state index < -0.39 is 5.91 Å². The summed E-state index contributed by atoms with van der Waals surface area (Å²) < 4.78 is 2.39. The molecule has 1 fully saturated rings. The van der Waals surface area contributed by atoms with Crippen LogP contribution < -0.4 is 5.48 Å². The fraction of sp³-hybridized carbons (Fsp3) is 0.304. The van der Waals surface area contributed by atoms with Crippen LogP contribution in [0.15, 0.2) is 54.6 Å². The van der Waals surface area contributed by atoms with E-state index in [4.69, 9.17) is 10.2 Å². The van der Waals surface area contributed by atoms with Gasteiger partial charge in [0.1, 0.15) is 5.82 Å². The molecule has 29 heavy (non-hydrogen) atoms. The number of benzene rings is 2. The van der Waals surface area contributed by atoms with E-state index in [1.54, 1.807) is 11.6 Å². The number of piperidine rings is 1. The molecule has 1 saturated heterocycles. The Morgan fingerprint density at radius 1 is 1.28 bits per heavy atom. The number of hydrogen-bond acceptors (Lipinski definition) is 4. The molecule has 0 saturated carbocycles. The molecule has 0 unspecified atom stereocenters. The SMILES string of the molecule is CCN1CCC[C@@H](n2c(-c3ccccc3)nc3cc(C=CC(=O)NO)ccc32)C1. The monoisotopic (exact) mass is 390 g/mol. The summed E-state index contributed by atoms with van der Waals surface area (Å²) in [6, 6.07) is 16.7. The molecule has 1 aliphatic heterocycles. The van der Waals surface area contributed by atoms with E-state index in [2.05, 4.69) is 34.6 Å². The number of carbonyl (C=O) groups is 1. The third-order valence-corrected chi connectivity index (χ3v) is 5.58. The summed E-state index contributed by atoms with van der Waals surface area (Å²) in [6.07, 6.45) is 5.30. The molecule has 2 aromatic carbocycles. The number of likely N-dealkylation sites (tertiary alicyclic amines) is 1. The van der Waals surface area contributed by atoms with Gasteiger partial charge in [0.25, 0.3) is 5.91 Å². The largest absolute Gasteiger partial charge is 0.320 e. The molecular weight excluding hydrogens is 364 g/mol. The highest BCUT2D eigenvalue weighted by Crippen LogP contribution is 2.33. The quantitative estimate of drug-likeness (QED) is 0.394. The minimum absolute atomic E-state index is 0.380. The maximum atomic E-state index is 11.3. The highest BCUT2D eigenvalue weighted by Gasteiger charge is 2.25. The fourth-order valence-corrected chi connectivity index (χ4v) is 4.12. The summed E-state index contributed by atoms with van der Waals surface area (Å²) in [5, 5.41) is 8.67. The van der Waals surface area contributed by atoms with Crippen molar-refractivity contribution in [2.45, 2.75) is 25.8 Å². The average molecular weight is 390 g/mol. The normalized spacial score (nSPS) is 17.8. The molecule has 4 rings (SSSR count). The molecule has 2 heterocycles. The van der Waals surface area contributed by atoms with Crippen molar-refractivity contribution < 1.29 is 10.0 Å². The zero-order valence-corrected chi connectivity index (χ0v) is 16.6. The summed E-state index contributed by atoms with van der Waals surface area (Å²) in [7, 11) is 0. The van der Waals surface area contributed by atoms with Crippen molar-refractivity contribution in [3.63, 3.8) is 0 Å².